The maximum absolute atomic E-state index is 11.7. The Morgan fingerprint density at radius 3 is 2.05 bits per heavy atom. The number of methoxy groups -OCH3 is 1. The van der Waals surface area contributed by atoms with Gasteiger partial charge in [-0.3, -0.25) is 0 Å². The van der Waals surface area contributed by atoms with Gasteiger partial charge in [-0.05, 0) is 29.8 Å². The molecule has 0 aliphatic rings. The molecule has 0 saturated carbocycles. The Hall–Kier alpha value is -2.62. The molecular weight excluding hydrogens is 256 g/mol. The lowest BCUT2D eigenvalue weighted by molar-refractivity contribution is 0.0471. The monoisotopic (exact) mass is 270 g/mol. The Morgan fingerprint density at radius 2 is 1.45 bits per heavy atom. The second kappa shape index (κ2) is 6.52. The minimum absolute atomic E-state index is 0.162. The van der Waals surface area contributed by atoms with Crippen LogP contribution in [0.1, 0.15) is 26.3 Å². The molecular formula is C16H14O4. The van der Waals surface area contributed by atoms with Crippen LogP contribution in [0, 0.1) is 0 Å². The summed E-state index contributed by atoms with van der Waals surface area (Å²) in [4.78, 5) is 23.0. The van der Waals surface area contributed by atoms with Crippen molar-refractivity contribution < 1.29 is 19.1 Å². The van der Waals surface area contributed by atoms with Crippen molar-refractivity contribution in [2.45, 2.75) is 6.61 Å². The molecule has 0 radical (unpaired) electrons. The predicted molar refractivity (Wildman–Crippen MR) is 73.3 cm³/mol. The van der Waals surface area contributed by atoms with Gasteiger partial charge in [0, 0.05) is 0 Å². The Bertz CT molecular complexity index is 588. The minimum Gasteiger partial charge on any atom is -0.465 e. The summed E-state index contributed by atoms with van der Waals surface area (Å²) in [5, 5.41) is 0. The Balaban J connectivity index is 1.94. The lowest BCUT2D eigenvalue weighted by atomic mass is 10.1. The molecule has 0 aliphatic carbocycles. The molecule has 4 nitrogen and oxygen atoms in total. The average molecular weight is 270 g/mol. The Kier molecular flexibility index (Phi) is 4.50. The predicted octanol–water partition coefficient (Wildman–Crippen LogP) is 2.83. The van der Waals surface area contributed by atoms with Crippen molar-refractivity contribution in [3.8, 4) is 0 Å². The summed E-state index contributed by atoms with van der Waals surface area (Å²) in [6.45, 7) is 0.162. The van der Waals surface area contributed by atoms with Gasteiger partial charge in [0.05, 0.1) is 18.2 Å². The zero-order valence-electron chi connectivity index (χ0n) is 11.0. The fourth-order valence-corrected chi connectivity index (χ4v) is 1.66. The first kappa shape index (κ1) is 13.8. The highest BCUT2D eigenvalue weighted by Gasteiger charge is 2.07. The molecule has 0 amide bonds. The molecule has 0 N–H and O–H groups in total. The summed E-state index contributed by atoms with van der Waals surface area (Å²) in [5.41, 5.74) is 1.78. The zero-order chi connectivity index (χ0) is 14.4. The maximum Gasteiger partial charge on any atom is 0.338 e. The lowest BCUT2D eigenvalue weighted by Crippen LogP contribution is -2.05. The standard InChI is InChI=1S/C16H14O4/c1-19-15(17)14-9-7-12(8-10-14)11-20-16(18)13-5-3-2-4-6-13/h2-10H,11H2,1H3. The summed E-state index contributed by atoms with van der Waals surface area (Å²) < 4.78 is 9.79. The lowest BCUT2D eigenvalue weighted by Gasteiger charge is -2.05. The van der Waals surface area contributed by atoms with E-state index >= 15 is 0 Å². The first-order valence-electron chi connectivity index (χ1n) is 6.10. The van der Waals surface area contributed by atoms with E-state index in [9.17, 15) is 9.59 Å². The molecule has 0 saturated heterocycles. The van der Waals surface area contributed by atoms with Crippen LogP contribution in [0.2, 0.25) is 0 Å². The van der Waals surface area contributed by atoms with E-state index in [0.29, 0.717) is 11.1 Å². The van der Waals surface area contributed by atoms with E-state index < -0.39 is 5.97 Å². The van der Waals surface area contributed by atoms with E-state index in [2.05, 4.69) is 4.74 Å². The van der Waals surface area contributed by atoms with Gasteiger partial charge in [-0.15, -0.1) is 0 Å². The normalized spacial score (nSPS) is 9.85. The van der Waals surface area contributed by atoms with Crippen LogP contribution in [-0.4, -0.2) is 19.0 Å². The second-order valence-electron chi connectivity index (χ2n) is 4.13. The Morgan fingerprint density at radius 1 is 0.850 bits per heavy atom. The minimum atomic E-state index is -0.391. The van der Waals surface area contributed by atoms with E-state index in [1.807, 2.05) is 6.07 Å². The quantitative estimate of drug-likeness (QED) is 0.802. The van der Waals surface area contributed by atoms with Gasteiger partial charge in [0.2, 0.25) is 0 Å². The van der Waals surface area contributed by atoms with Crippen molar-refractivity contribution in [1.29, 1.82) is 0 Å². The molecule has 0 heterocycles. The summed E-state index contributed by atoms with van der Waals surface area (Å²) in [6, 6.07) is 15.5. The fraction of sp³-hybridized carbons (Fsp3) is 0.125. The van der Waals surface area contributed by atoms with Crippen LogP contribution in [-0.2, 0) is 16.1 Å². The van der Waals surface area contributed by atoms with Gasteiger partial charge in [0.15, 0.2) is 0 Å². The van der Waals surface area contributed by atoms with Crippen molar-refractivity contribution in [1.82, 2.24) is 0 Å². The van der Waals surface area contributed by atoms with Crippen molar-refractivity contribution >= 4 is 11.9 Å². The van der Waals surface area contributed by atoms with Gasteiger partial charge in [-0.1, -0.05) is 30.3 Å². The van der Waals surface area contributed by atoms with Gasteiger partial charge < -0.3 is 9.47 Å². The Labute approximate surface area is 116 Å². The van der Waals surface area contributed by atoms with Crippen molar-refractivity contribution in [2.75, 3.05) is 7.11 Å². The van der Waals surface area contributed by atoms with Crippen LogP contribution in [0.4, 0.5) is 0 Å². The number of carbonyl (C=O) groups excluding carboxylic acids is 2. The summed E-state index contributed by atoms with van der Waals surface area (Å²) >= 11 is 0. The van der Waals surface area contributed by atoms with Crippen LogP contribution < -0.4 is 0 Å². The second-order valence-corrected chi connectivity index (χ2v) is 4.13. The molecule has 0 spiro atoms. The smallest absolute Gasteiger partial charge is 0.338 e. The molecule has 2 rings (SSSR count). The highest BCUT2D eigenvalue weighted by molar-refractivity contribution is 5.90. The molecule has 4 heteroatoms. The van der Waals surface area contributed by atoms with Gasteiger partial charge in [0.25, 0.3) is 0 Å². The van der Waals surface area contributed by atoms with E-state index in [0.717, 1.165) is 5.56 Å². The van der Waals surface area contributed by atoms with Crippen molar-refractivity contribution in [2.24, 2.45) is 0 Å². The van der Waals surface area contributed by atoms with Crippen LogP contribution >= 0.6 is 0 Å². The zero-order valence-corrected chi connectivity index (χ0v) is 11.0. The molecule has 0 atom stereocenters. The number of hydrogen-bond donors (Lipinski definition) is 0. The molecule has 0 aliphatic heterocycles. The molecule has 0 fully saturated rings. The average Bonchev–Trinajstić information content (AvgIpc) is 2.53. The first-order chi connectivity index (χ1) is 9.70. The molecule has 2 aromatic rings. The van der Waals surface area contributed by atoms with Crippen LogP contribution in [0.15, 0.2) is 54.6 Å². The molecule has 102 valence electrons. The molecule has 0 aromatic heterocycles. The van der Waals surface area contributed by atoms with E-state index in [1.54, 1.807) is 48.5 Å². The maximum atomic E-state index is 11.7. The van der Waals surface area contributed by atoms with Crippen LogP contribution in [0.3, 0.4) is 0 Å². The molecule has 0 bridgehead atoms. The third kappa shape index (κ3) is 3.45. The largest absolute Gasteiger partial charge is 0.465 e. The summed E-state index contributed by atoms with van der Waals surface area (Å²) in [6.07, 6.45) is 0. The summed E-state index contributed by atoms with van der Waals surface area (Å²) in [7, 11) is 1.33. The number of rotatable bonds is 4. The molecule has 2 aromatic carbocycles. The van der Waals surface area contributed by atoms with Crippen LogP contribution in [0.5, 0.6) is 0 Å². The number of benzene rings is 2. The van der Waals surface area contributed by atoms with Gasteiger partial charge in [-0.25, -0.2) is 9.59 Å². The molecule has 0 unspecified atom stereocenters. The SMILES string of the molecule is COC(=O)c1ccc(COC(=O)c2ccccc2)cc1. The van der Waals surface area contributed by atoms with E-state index in [1.165, 1.54) is 7.11 Å². The fourth-order valence-electron chi connectivity index (χ4n) is 1.66. The highest BCUT2D eigenvalue weighted by Crippen LogP contribution is 2.09. The number of hydrogen-bond acceptors (Lipinski definition) is 4. The number of esters is 2. The summed E-state index contributed by atoms with van der Waals surface area (Å²) in [5.74, 6) is -0.763. The van der Waals surface area contributed by atoms with Crippen LogP contribution in [0.25, 0.3) is 0 Å². The van der Waals surface area contributed by atoms with E-state index in [-0.39, 0.29) is 12.6 Å². The van der Waals surface area contributed by atoms with Crippen molar-refractivity contribution in [3.63, 3.8) is 0 Å². The van der Waals surface area contributed by atoms with E-state index in [4.69, 9.17) is 4.74 Å². The highest BCUT2D eigenvalue weighted by atomic mass is 16.5. The third-order valence-electron chi connectivity index (χ3n) is 2.75. The first-order valence-corrected chi connectivity index (χ1v) is 6.10. The van der Waals surface area contributed by atoms with Crippen molar-refractivity contribution in [3.05, 3.63) is 71.3 Å². The third-order valence-corrected chi connectivity index (χ3v) is 2.75. The van der Waals surface area contributed by atoms with Gasteiger partial charge >= 0.3 is 11.9 Å². The number of carbonyl (C=O) groups is 2. The van der Waals surface area contributed by atoms with Gasteiger partial charge in [-0.2, -0.15) is 0 Å². The topological polar surface area (TPSA) is 52.6 Å². The van der Waals surface area contributed by atoms with Gasteiger partial charge in [0.1, 0.15) is 6.61 Å². The number of ether oxygens (including phenoxy) is 2. The molecule has 20 heavy (non-hydrogen) atoms.